The second-order valence-corrected chi connectivity index (χ2v) is 8.22. The van der Waals surface area contributed by atoms with E-state index in [1.165, 1.54) is 0 Å². The van der Waals surface area contributed by atoms with Crippen molar-refractivity contribution in [3.8, 4) is 5.75 Å². The topological polar surface area (TPSA) is 74.8 Å². The third kappa shape index (κ3) is 4.06. The number of benzene rings is 2. The third-order valence-electron chi connectivity index (χ3n) is 5.55. The molecule has 0 radical (unpaired) electrons. The van der Waals surface area contributed by atoms with E-state index in [2.05, 4.69) is 40.9 Å². The minimum absolute atomic E-state index is 0.0658. The second-order valence-electron chi connectivity index (χ2n) is 8.22. The fourth-order valence-electron chi connectivity index (χ4n) is 4.19. The molecule has 152 valence electrons. The number of guanidine groups is 1. The lowest BCUT2D eigenvalue weighted by Crippen LogP contribution is -2.45. The third-order valence-corrected chi connectivity index (χ3v) is 5.55. The Morgan fingerprint density at radius 2 is 1.90 bits per heavy atom. The number of hydrogen-bond acceptors (Lipinski definition) is 3. The van der Waals surface area contributed by atoms with Gasteiger partial charge in [-0.3, -0.25) is 9.79 Å². The number of para-hydroxylation sites is 2. The molecule has 0 fully saturated rings. The molecular formula is C23H28N4O2. The second kappa shape index (κ2) is 7.78. The Balaban J connectivity index is 1.39. The summed E-state index contributed by atoms with van der Waals surface area (Å²) in [5.41, 5.74) is 2.88. The Bertz CT molecular complexity index is 938. The Labute approximate surface area is 171 Å². The van der Waals surface area contributed by atoms with Crippen LogP contribution in [0.3, 0.4) is 0 Å². The van der Waals surface area contributed by atoms with Crippen LogP contribution < -0.4 is 20.7 Å². The van der Waals surface area contributed by atoms with Crippen LogP contribution in [0.25, 0.3) is 0 Å². The average molecular weight is 393 g/mol. The van der Waals surface area contributed by atoms with Gasteiger partial charge in [0.05, 0.1) is 12.0 Å². The van der Waals surface area contributed by atoms with Crippen LogP contribution in [-0.2, 0) is 4.79 Å². The predicted octanol–water partition coefficient (Wildman–Crippen LogP) is 3.58. The van der Waals surface area contributed by atoms with Gasteiger partial charge in [-0.15, -0.1) is 0 Å². The van der Waals surface area contributed by atoms with Gasteiger partial charge in [-0.25, -0.2) is 0 Å². The molecule has 2 unspecified atom stereocenters. The Kier molecular flexibility index (Phi) is 5.18. The average Bonchev–Trinajstić information content (AvgIpc) is 3.01. The van der Waals surface area contributed by atoms with Crippen LogP contribution in [0.5, 0.6) is 5.75 Å². The first-order chi connectivity index (χ1) is 14.0. The molecule has 0 bridgehead atoms. The number of amides is 1. The summed E-state index contributed by atoms with van der Waals surface area (Å²) in [6.07, 6.45) is 1.54. The van der Waals surface area contributed by atoms with Crippen LogP contribution in [-0.4, -0.2) is 31.1 Å². The van der Waals surface area contributed by atoms with E-state index in [1.807, 2.05) is 42.5 Å². The molecule has 2 aliphatic rings. The van der Waals surface area contributed by atoms with Gasteiger partial charge in [-0.05, 0) is 38.0 Å². The highest BCUT2D eigenvalue weighted by Crippen LogP contribution is 2.39. The number of ether oxygens (including phenoxy) is 1. The minimum atomic E-state index is -0.253. The molecule has 0 saturated heterocycles. The first-order valence-corrected chi connectivity index (χ1v) is 10.1. The Hall–Kier alpha value is -3.02. The molecule has 6 heteroatoms. The van der Waals surface area contributed by atoms with Crippen molar-refractivity contribution in [1.29, 1.82) is 0 Å². The maximum Gasteiger partial charge on any atom is 0.232 e. The van der Waals surface area contributed by atoms with Crippen molar-refractivity contribution >= 4 is 17.6 Å². The van der Waals surface area contributed by atoms with Crippen molar-refractivity contribution in [1.82, 2.24) is 10.6 Å². The SMILES string of the molecule is CN=C(NCCC1C(=O)Nc2ccccc21)NC1CC(C)(C)Oc2ccccc21. The molecule has 2 aromatic rings. The molecule has 6 nitrogen and oxygen atoms in total. The molecule has 29 heavy (non-hydrogen) atoms. The van der Waals surface area contributed by atoms with Gasteiger partial charge in [0, 0.05) is 31.3 Å². The van der Waals surface area contributed by atoms with Gasteiger partial charge in [0.25, 0.3) is 0 Å². The van der Waals surface area contributed by atoms with E-state index in [1.54, 1.807) is 7.05 Å². The summed E-state index contributed by atoms with van der Waals surface area (Å²) < 4.78 is 6.11. The van der Waals surface area contributed by atoms with Crippen molar-refractivity contribution in [3.05, 3.63) is 59.7 Å². The first kappa shape index (κ1) is 19.3. The van der Waals surface area contributed by atoms with E-state index in [-0.39, 0.29) is 23.5 Å². The number of fused-ring (bicyclic) bond motifs is 2. The first-order valence-electron chi connectivity index (χ1n) is 10.1. The normalized spacial score (nSPS) is 22.2. The van der Waals surface area contributed by atoms with Crippen molar-refractivity contribution in [2.45, 2.75) is 44.2 Å². The predicted molar refractivity (Wildman–Crippen MR) is 115 cm³/mol. The number of carbonyl (C=O) groups is 1. The van der Waals surface area contributed by atoms with Crippen LogP contribution in [0.4, 0.5) is 5.69 Å². The molecular weight excluding hydrogens is 364 g/mol. The zero-order chi connectivity index (χ0) is 20.4. The summed E-state index contributed by atoms with van der Waals surface area (Å²) in [5, 5.41) is 9.86. The van der Waals surface area contributed by atoms with Gasteiger partial charge in [-0.2, -0.15) is 0 Å². The highest BCUT2D eigenvalue weighted by atomic mass is 16.5. The van der Waals surface area contributed by atoms with E-state index in [4.69, 9.17) is 4.74 Å². The van der Waals surface area contributed by atoms with Gasteiger partial charge >= 0.3 is 0 Å². The monoisotopic (exact) mass is 392 g/mol. The molecule has 3 N–H and O–H groups in total. The highest BCUT2D eigenvalue weighted by molar-refractivity contribution is 6.02. The maximum absolute atomic E-state index is 12.3. The number of rotatable bonds is 4. The summed E-state index contributed by atoms with van der Waals surface area (Å²) in [5.74, 6) is 1.58. The number of aliphatic imine (C=N–C) groups is 1. The van der Waals surface area contributed by atoms with Crippen LogP contribution in [0.15, 0.2) is 53.5 Å². The van der Waals surface area contributed by atoms with Crippen molar-refractivity contribution < 1.29 is 9.53 Å². The molecule has 1 amide bonds. The van der Waals surface area contributed by atoms with Crippen LogP contribution in [0.2, 0.25) is 0 Å². The summed E-state index contributed by atoms with van der Waals surface area (Å²) in [4.78, 5) is 16.7. The molecule has 2 aromatic carbocycles. The van der Waals surface area contributed by atoms with Crippen LogP contribution in [0, 0.1) is 0 Å². The van der Waals surface area contributed by atoms with Crippen LogP contribution >= 0.6 is 0 Å². The van der Waals surface area contributed by atoms with E-state index < -0.39 is 0 Å². The summed E-state index contributed by atoms with van der Waals surface area (Å²) in [7, 11) is 1.77. The lowest BCUT2D eigenvalue weighted by atomic mass is 9.90. The fourth-order valence-corrected chi connectivity index (χ4v) is 4.19. The Morgan fingerprint density at radius 1 is 1.17 bits per heavy atom. The van der Waals surface area contributed by atoms with Crippen LogP contribution in [0.1, 0.15) is 49.8 Å². The zero-order valence-corrected chi connectivity index (χ0v) is 17.2. The van der Waals surface area contributed by atoms with Gasteiger partial charge in [0.2, 0.25) is 5.91 Å². The van der Waals surface area contributed by atoms with Gasteiger partial charge in [-0.1, -0.05) is 36.4 Å². The molecule has 0 saturated carbocycles. The number of anilines is 1. The molecule has 4 rings (SSSR count). The fraction of sp³-hybridized carbons (Fsp3) is 0.391. The molecule has 2 atom stereocenters. The number of carbonyl (C=O) groups excluding carboxylic acids is 1. The van der Waals surface area contributed by atoms with Gasteiger partial charge in [0.15, 0.2) is 5.96 Å². The molecule has 2 aliphatic heterocycles. The van der Waals surface area contributed by atoms with Crippen molar-refractivity contribution in [2.75, 3.05) is 18.9 Å². The Morgan fingerprint density at radius 3 is 2.69 bits per heavy atom. The summed E-state index contributed by atoms with van der Waals surface area (Å²) >= 11 is 0. The summed E-state index contributed by atoms with van der Waals surface area (Å²) in [6.45, 7) is 4.86. The zero-order valence-electron chi connectivity index (χ0n) is 17.2. The molecule has 0 aromatic heterocycles. The number of nitrogens with zero attached hydrogens (tertiary/aromatic N) is 1. The van der Waals surface area contributed by atoms with E-state index >= 15 is 0 Å². The number of hydrogen-bond donors (Lipinski definition) is 3. The lowest BCUT2D eigenvalue weighted by Gasteiger charge is -2.38. The van der Waals surface area contributed by atoms with Gasteiger partial charge < -0.3 is 20.7 Å². The van der Waals surface area contributed by atoms with E-state index in [0.29, 0.717) is 13.0 Å². The lowest BCUT2D eigenvalue weighted by molar-refractivity contribution is -0.117. The molecule has 0 spiro atoms. The largest absolute Gasteiger partial charge is 0.487 e. The molecule has 0 aliphatic carbocycles. The molecule has 2 heterocycles. The maximum atomic E-state index is 12.3. The quantitative estimate of drug-likeness (QED) is 0.549. The minimum Gasteiger partial charge on any atom is -0.487 e. The van der Waals surface area contributed by atoms with E-state index in [0.717, 1.165) is 34.9 Å². The smallest absolute Gasteiger partial charge is 0.232 e. The van der Waals surface area contributed by atoms with E-state index in [9.17, 15) is 4.79 Å². The number of nitrogens with one attached hydrogen (secondary N) is 3. The van der Waals surface area contributed by atoms with Crippen molar-refractivity contribution in [2.24, 2.45) is 4.99 Å². The van der Waals surface area contributed by atoms with Crippen molar-refractivity contribution in [3.63, 3.8) is 0 Å². The highest BCUT2D eigenvalue weighted by Gasteiger charge is 2.34. The standard InChI is InChI=1S/C23H28N4O2/c1-23(2)14-19(17-9-5-7-11-20(17)29-23)27-22(24-3)25-13-12-16-15-8-4-6-10-18(15)26-21(16)28/h4-11,16,19H,12-14H2,1-3H3,(H,26,28)(H2,24,25,27). The summed E-state index contributed by atoms with van der Waals surface area (Å²) in [6, 6.07) is 16.1. The van der Waals surface area contributed by atoms with Gasteiger partial charge in [0.1, 0.15) is 11.4 Å².